The predicted octanol–water partition coefficient (Wildman–Crippen LogP) is 8.75. The highest BCUT2D eigenvalue weighted by atomic mass is 32.2. The largest absolute Gasteiger partial charge is 0.465 e. The van der Waals surface area contributed by atoms with Crippen molar-refractivity contribution in [3.63, 3.8) is 0 Å². The van der Waals surface area contributed by atoms with Crippen LogP contribution in [0, 0.1) is 35.0 Å². The van der Waals surface area contributed by atoms with E-state index in [0.29, 0.717) is 43.1 Å². The van der Waals surface area contributed by atoms with E-state index in [9.17, 15) is 18.3 Å². The molecule has 10 atom stereocenters. The molecule has 3 rings (SSSR count). The molecular weight excluding hydrogens is 637 g/mol. The summed E-state index contributed by atoms with van der Waals surface area (Å²) in [5, 5.41) is 11.0. The number of aliphatic hydroxyl groups excluding tert-OH is 1. The summed E-state index contributed by atoms with van der Waals surface area (Å²) in [4.78, 5) is 12.4. The fraction of sp³-hybridized carbons (Fsp3) is 0.732. The van der Waals surface area contributed by atoms with Crippen LogP contribution >= 0.6 is 0 Å². The number of allylic oxidation sites excluding steroid dienone is 1. The van der Waals surface area contributed by atoms with E-state index in [4.69, 9.17) is 14.2 Å². The van der Waals surface area contributed by atoms with Crippen LogP contribution in [-0.4, -0.2) is 62.4 Å². The maximum absolute atomic E-state index is 13.5. The minimum atomic E-state index is -3.46. The van der Waals surface area contributed by atoms with Crippen LogP contribution in [0.2, 0.25) is 0 Å². The maximum atomic E-state index is 13.5. The third kappa shape index (κ3) is 12.3. The second-order valence-electron chi connectivity index (χ2n) is 16.3. The smallest absolute Gasteiger partial charge is 0.311 e. The molecular formula is C41H66O7S. The summed E-state index contributed by atoms with van der Waals surface area (Å²) in [6.07, 6.45) is 6.38. The lowest BCUT2D eigenvalue weighted by Gasteiger charge is -2.28. The van der Waals surface area contributed by atoms with Gasteiger partial charge in [0.05, 0.1) is 53.2 Å². The molecule has 1 N–H and O–H groups in total. The van der Waals surface area contributed by atoms with E-state index < -0.39 is 21.4 Å². The quantitative estimate of drug-likeness (QED) is 0.0875. The molecule has 0 aromatic heterocycles. The molecule has 0 radical (unpaired) electrons. The maximum Gasteiger partial charge on any atom is 0.311 e. The molecule has 1 aromatic carbocycles. The third-order valence-corrected chi connectivity index (χ3v) is 12.8. The molecule has 0 spiro atoms. The number of esters is 1. The molecule has 7 nitrogen and oxygen atoms in total. The van der Waals surface area contributed by atoms with Crippen molar-refractivity contribution in [2.45, 2.75) is 149 Å². The van der Waals surface area contributed by atoms with E-state index in [1.165, 1.54) is 0 Å². The Morgan fingerprint density at radius 3 is 2.35 bits per heavy atom. The summed E-state index contributed by atoms with van der Waals surface area (Å²) in [5.41, 5.74) is 1.64. The van der Waals surface area contributed by atoms with Gasteiger partial charge in [0.2, 0.25) is 0 Å². The van der Waals surface area contributed by atoms with Gasteiger partial charge in [-0.25, -0.2) is 8.42 Å². The number of sulfone groups is 1. The average molecular weight is 703 g/mol. The lowest BCUT2D eigenvalue weighted by atomic mass is 9.80. The summed E-state index contributed by atoms with van der Waals surface area (Å²) in [7, 11) is -3.46. The number of rotatable bonds is 19. The molecule has 2 unspecified atom stereocenters. The summed E-state index contributed by atoms with van der Waals surface area (Å²) in [6, 6.07) is 8.75. The fourth-order valence-corrected chi connectivity index (χ4v) is 9.09. The Morgan fingerprint density at radius 2 is 1.71 bits per heavy atom. The van der Waals surface area contributed by atoms with Crippen LogP contribution in [0.25, 0.3) is 0 Å². The molecule has 49 heavy (non-hydrogen) atoms. The number of hydrogen-bond donors (Lipinski definition) is 1. The Morgan fingerprint density at radius 1 is 1.04 bits per heavy atom. The van der Waals surface area contributed by atoms with Crippen molar-refractivity contribution in [1.29, 1.82) is 0 Å². The van der Waals surface area contributed by atoms with E-state index in [1.807, 2.05) is 26.8 Å². The first kappa shape index (κ1) is 41.4. The van der Waals surface area contributed by atoms with Crippen LogP contribution in [0.1, 0.15) is 113 Å². The van der Waals surface area contributed by atoms with Crippen molar-refractivity contribution in [3.8, 4) is 0 Å². The molecule has 0 bridgehead atoms. The zero-order valence-electron chi connectivity index (χ0n) is 31.7. The van der Waals surface area contributed by atoms with E-state index in [0.717, 1.165) is 43.3 Å². The van der Waals surface area contributed by atoms with Crippen LogP contribution in [0.5, 0.6) is 0 Å². The minimum absolute atomic E-state index is 0.0359. The average Bonchev–Trinajstić information content (AvgIpc) is 3.54. The first-order valence-corrected chi connectivity index (χ1v) is 20.4. The van der Waals surface area contributed by atoms with Crippen LogP contribution in [-0.2, 0) is 28.8 Å². The summed E-state index contributed by atoms with van der Waals surface area (Å²) in [5.74, 6) is 0.648. The highest BCUT2D eigenvalue weighted by molar-refractivity contribution is 7.91. The molecule has 2 heterocycles. The van der Waals surface area contributed by atoms with Gasteiger partial charge in [0, 0.05) is 5.92 Å². The Bertz CT molecular complexity index is 1320. The van der Waals surface area contributed by atoms with Crippen molar-refractivity contribution in [3.05, 3.63) is 54.6 Å². The van der Waals surface area contributed by atoms with E-state index in [1.54, 1.807) is 24.3 Å². The van der Waals surface area contributed by atoms with Crippen molar-refractivity contribution < 1.29 is 32.5 Å². The summed E-state index contributed by atoms with van der Waals surface area (Å²) >= 11 is 0. The molecule has 0 amide bonds. The van der Waals surface area contributed by atoms with Gasteiger partial charge in [0.1, 0.15) is 0 Å². The molecule has 0 saturated carbocycles. The lowest BCUT2D eigenvalue weighted by molar-refractivity contribution is -0.153. The Kier molecular flexibility index (Phi) is 15.6. The standard InChI is InChI=1S/C41H66O7S/c1-11-27(2)22-38-32(7)36(26-49(44,45)35-17-13-12-14-18-35)39(48-38)25-29(4)31(6)28(3)23-33(42)19-20-37-30(5)24-34(47-37)16-15-21-46-40(43)41(8,9)10/h12-14,17-18,27-29,32-34,36-39,42H,5-6,11,15-16,19-26H2,1-4,7-10H3/t27-,28-,29-,32-,33-,34+,36-,37?,38-,39?/m1/s1. The summed E-state index contributed by atoms with van der Waals surface area (Å²) < 4.78 is 45.3. The number of carbonyl (C=O) groups excluding carboxylic acids is 1. The van der Waals surface area contributed by atoms with Crippen LogP contribution in [0.4, 0.5) is 0 Å². The van der Waals surface area contributed by atoms with Gasteiger partial charge in [0.15, 0.2) is 9.84 Å². The van der Waals surface area contributed by atoms with Gasteiger partial charge >= 0.3 is 5.97 Å². The number of benzene rings is 1. The van der Waals surface area contributed by atoms with Crippen LogP contribution < -0.4 is 0 Å². The Hall–Kier alpha value is -2.00. The van der Waals surface area contributed by atoms with Crippen molar-refractivity contribution in [2.24, 2.45) is 35.0 Å². The molecule has 278 valence electrons. The summed E-state index contributed by atoms with van der Waals surface area (Å²) in [6.45, 7) is 25.5. The Balaban J connectivity index is 1.50. The normalized spacial score (nSPS) is 27.1. The first-order chi connectivity index (χ1) is 22.9. The number of aliphatic hydroxyl groups is 1. The minimum Gasteiger partial charge on any atom is -0.465 e. The van der Waals surface area contributed by atoms with Crippen LogP contribution in [0.15, 0.2) is 59.5 Å². The molecule has 1 aromatic rings. The molecule has 8 heteroatoms. The predicted molar refractivity (Wildman–Crippen MR) is 198 cm³/mol. The molecule has 2 fully saturated rings. The zero-order valence-corrected chi connectivity index (χ0v) is 32.5. The third-order valence-electron chi connectivity index (χ3n) is 11.0. The number of ether oxygens (including phenoxy) is 3. The van der Waals surface area contributed by atoms with Gasteiger partial charge in [-0.2, -0.15) is 0 Å². The van der Waals surface area contributed by atoms with Gasteiger partial charge in [-0.3, -0.25) is 4.79 Å². The first-order valence-electron chi connectivity index (χ1n) is 18.7. The van der Waals surface area contributed by atoms with Gasteiger partial charge in [0.25, 0.3) is 0 Å². The fourth-order valence-electron chi connectivity index (χ4n) is 7.31. The van der Waals surface area contributed by atoms with Gasteiger partial charge in [-0.15, -0.1) is 0 Å². The molecule has 2 aliphatic heterocycles. The second kappa shape index (κ2) is 18.5. The number of carbonyl (C=O) groups is 1. The highest BCUT2D eigenvalue weighted by Crippen LogP contribution is 2.42. The monoisotopic (exact) mass is 702 g/mol. The second-order valence-corrected chi connectivity index (χ2v) is 18.3. The van der Waals surface area contributed by atoms with E-state index >= 15 is 0 Å². The Labute approximate surface area is 298 Å². The molecule has 2 aliphatic rings. The van der Waals surface area contributed by atoms with Gasteiger partial charge in [-0.05, 0) is 114 Å². The lowest BCUT2D eigenvalue weighted by Crippen LogP contribution is -2.30. The van der Waals surface area contributed by atoms with Crippen LogP contribution in [0.3, 0.4) is 0 Å². The van der Waals surface area contributed by atoms with E-state index in [-0.39, 0.29) is 59.8 Å². The topological polar surface area (TPSA) is 99.1 Å². The van der Waals surface area contributed by atoms with Crippen molar-refractivity contribution >= 4 is 15.8 Å². The van der Waals surface area contributed by atoms with E-state index in [2.05, 4.69) is 47.8 Å². The molecule has 0 aliphatic carbocycles. The highest BCUT2D eigenvalue weighted by Gasteiger charge is 2.44. The molecule has 2 saturated heterocycles. The van der Waals surface area contributed by atoms with Crippen molar-refractivity contribution in [2.75, 3.05) is 12.4 Å². The van der Waals surface area contributed by atoms with Gasteiger partial charge < -0.3 is 19.3 Å². The SMILES string of the molecule is C=C1C[C@H](CCCOC(=O)C(C)(C)C)OC1CC[C@@H](O)C[C@@H](C)C(=C)[C@H](C)CC1O[C@H](C[C@H](C)CC)[C@H](C)[C@H]1CS(=O)(=O)c1ccccc1. The van der Waals surface area contributed by atoms with Gasteiger partial charge in [-0.1, -0.05) is 78.0 Å². The number of hydrogen-bond acceptors (Lipinski definition) is 7. The zero-order chi connectivity index (χ0) is 36.5. The van der Waals surface area contributed by atoms with Crippen molar-refractivity contribution in [1.82, 2.24) is 0 Å².